The highest BCUT2D eigenvalue weighted by Gasteiger charge is 2.13. The Morgan fingerprint density at radius 3 is 2.92 bits per heavy atom. The molecule has 1 rings (SSSR count). The number of aryl methyl sites for hydroxylation is 1. The van der Waals surface area contributed by atoms with Crippen molar-refractivity contribution < 1.29 is 9.90 Å². The fraction of sp³-hybridized carbons (Fsp3) is 0.375. The molecule has 13 heavy (non-hydrogen) atoms. The normalized spacial score (nSPS) is 12.5. The summed E-state index contributed by atoms with van der Waals surface area (Å²) in [7, 11) is 0. The van der Waals surface area contributed by atoms with Crippen molar-refractivity contribution in [1.82, 2.24) is 9.97 Å². The number of aromatic nitrogens is 2. The van der Waals surface area contributed by atoms with E-state index in [9.17, 15) is 4.79 Å². The molecule has 0 radical (unpaired) electrons. The molecule has 0 bridgehead atoms. The fourth-order valence-electron chi connectivity index (χ4n) is 0.691. The second-order valence-electron chi connectivity index (χ2n) is 2.58. The van der Waals surface area contributed by atoms with Crippen LogP contribution < -0.4 is 0 Å². The van der Waals surface area contributed by atoms with Crippen LogP contribution in [0.25, 0.3) is 0 Å². The molecule has 0 saturated heterocycles. The van der Waals surface area contributed by atoms with Crippen molar-refractivity contribution in [2.45, 2.75) is 24.3 Å². The molecule has 1 N–H and O–H groups in total. The summed E-state index contributed by atoms with van der Waals surface area (Å²) < 4.78 is 0. The largest absolute Gasteiger partial charge is 0.480 e. The van der Waals surface area contributed by atoms with E-state index in [1.807, 2.05) is 6.92 Å². The van der Waals surface area contributed by atoms with Crippen molar-refractivity contribution in [2.24, 2.45) is 0 Å². The number of carbonyl (C=O) groups is 1. The summed E-state index contributed by atoms with van der Waals surface area (Å²) in [4.78, 5) is 18.5. The molecule has 1 heterocycles. The highest BCUT2D eigenvalue weighted by atomic mass is 32.2. The molecular formula is C8H10N2O2S. The average Bonchev–Trinajstić information content (AvgIpc) is 2.04. The third kappa shape index (κ3) is 3.02. The van der Waals surface area contributed by atoms with Gasteiger partial charge in [-0.25, -0.2) is 9.97 Å². The Balaban J connectivity index is 2.69. The minimum absolute atomic E-state index is 0.509. The van der Waals surface area contributed by atoms with Crippen molar-refractivity contribution in [3.8, 4) is 0 Å². The lowest BCUT2D eigenvalue weighted by atomic mass is 10.5. The van der Waals surface area contributed by atoms with E-state index in [2.05, 4.69) is 9.97 Å². The summed E-state index contributed by atoms with van der Waals surface area (Å²) in [5, 5.41) is 8.63. The molecule has 0 aliphatic carbocycles. The molecule has 0 aliphatic rings. The van der Waals surface area contributed by atoms with Crippen molar-refractivity contribution in [3.63, 3.8) is 0 Å². The minimum Gasteiger partial charge on any atom is -0.480 e. The second kappa shape index (κ2) is 4.23. The smallest absolute Gasteiger partial charge is 0.316 e. The summed E-state index contributed by atoms with van der Waals surface area (Å²) >= 11 is 1.14. The molecule has 1 aromatic heterocycles. The van der Waals surface area contributed by atoms with Crippen LogP contribution in [0, 0.1) is 6.92 Å². The molecule has 4 nitrogen and oxygen atoms in total. The number of hydrogen-bond acceptors (Lipinski definition) is 4. The van der Waals surface area contributed by atoms with Crippen LogP contribution in [-0.2, 0) is 4.79 Å². The van der Waals surface area contributed by atoms with Gasteiger partial charge in [0.15, 0.2) is 5.16 Å². The molecule has 0 unspecified atom stereocenters. The molecule has 0 fully saturated rings. The van der Waals surface area contributed by atoms with Gasteiger partial charge in [0.2, 0.25) is 0 Å². The third-order valence-electron chi connectivity index (χ3n) is 1.40. The van der Waals surface area contributed by atoms with Crippen LogP contribution in [0.3, 0.4) is 0 Å². The van der Waals surface area contributed by atoms with Crippen molar-refractivity contribution in [1.29, 1.82) is 0 Å². The number of carboxylic acid groups (broad SMARTS) is 1. The molecule has 1 atom stereocenters. The Morgan fingerprint density at radius 2 is 2.38 bits per heavy atom. The maximum Gasteiger partial charge on any atom is 0.316 e. The summed E-state index contributed by atoms with van der Waals surface area (Å²) in [5.74, 6) is -0.852. The lowest BCUT2D eigenvalue weighted by Crippen LogP contribution is -2.11. The Kier molecular flexibility index (Phi) is 3.25. The van der Waals surface area contributed by atoms with Gasteiger partial charge in [-0.05, 0) is 19.9 Å². The standard InChI is InChI=1S/C8H10N2O2S/c1-5-3-4-9-8(10-5)13-6(2)7(11)12/h3-4,6H,1-2H3,(H,11,12)/t6-/m0/s1. The van der Waals surface area contributed by atoms with Crippen molar-refractivity contribution >= 4 is 17.7 Å². The molecule has 5 heteroatoms. The van der Waals surface area contributed by atoms with E-state index >= 15 is 0 Å². The number of carboxylic acids is 1. The number of nitrogens with zero attached hydrogens (tertiary/aromatic N) is 2. The van der Waals surface area contributed by atoms with Crippen LogP contribution in [0.15, 0.2) is 17.4 Å². The van der Waals surface area contributed by atoms with E-state index < -0.39 is 11.2 Å². The Labute approximate surface area is 80.4 Å². The lowest BCUT2D eigenvalue weighted by Gasteiger charge is -2.03. The summed E-state index contributed by atoms with van der Waals surface area (Å²) in [5.41, 5.74) is 0.843. The SMILES string of the molecule is Cc1ccnc(S[C@@H](C)C(=O)O)n1. The van der Waals surface area contributed by atoms with Gasteiger partial charge >= 0.3 is 5.97 Å². The summed E-state index contributed by atoms with van der Waals surface area (Å²) in [6, 6.07) is 1.77. The quantitative estimate of drug-likeness (QED) is 0.586. The zero-order chi connectivity index (χ0) is 9.84. The van der Waals surface area contributed by atoms with Crippen LogP contribution in [-0.4, -0.2) is 26.3 Å². The first kappa shape index (κ1) is 9.98. The van der Waals surface area contributed by atoms with Gasteiger partial charge in [0, 0.05) is 11.9 Å². The highest BCUT2D eigenvalue weighted by Crippen LogP contribution is 2.18. The van der Waals surface area contributed by atoms with Gasteiger partial charge in [-0.15, -0.1) is 0 Å². The van der Waals surface area contributed by atoms with Crippen LogP contribution in [0.4, 0.5) is 0 Å². The number of rotatable bonds is 3. The molecule has 0 spiro atoms. The van der Waals surface area contributed by atoms with Gasteiger partial charge < -0.3 is 5.11 Å². The van der Waals surface area contributed by atoms with E-state index in [4.69, 9.17) is 5.11 Å². The van der Waals surface area contributed by atoms with Gasteiger partial charge in [0.1, 0.15) is 5.25 Å². The minimum atomic E-state index is -0.852. The topological polar surface area (TPSA) is 63.1 Å². The third-order valence-corrected chi connectivity index (χ3v) is 2.37. The summed E-state index contributed by atoms with van der Waals surface area (Å²) in [6.45, 7) is 3.45. The number of thioether (sulfide) groups is 1. The summed E-state index contributed by atoms with van der Waals surface area (Å²) in [6.07, 6.45) is 1.62. The Bertz CT molecular complexity index is 317. The van der Waals surface area contributed by atoms with E-state index in [1.54, 1.807) is 19.2 Å². The van der Waals surface area contributed by atoms with E-state index in [0.717, 1.165) is 17.5 Å². The average molecular weight is 198 g/mol. The van der Waals surface area contributed by atoms with Crippen LogP contribution in [0.1, 0.15) is 12.6 Å². The maximum atomic E-state index is 10.5. The predicted molar refractivity (Wildman–Crippen MR) is 49.7 cm³/mol. The van der Waals surface area contributed by atoms with Gasteiger partial charge in [-0.3, -0.25) is 4.79 Å². The Hall–Kier alpha value is -1.10. The molecular weight excluding hydrogens is 188 g/mol. The zero-order valence-corrected chi connectivity index (χ0v) is 8.21. The maximum absolute atomic E-state index is 10.5. The lowest BCUT2D eigenvalue weighted by molar-refractivity contribution is -0.136. The van der Waals surface area contributed by atoms with E-state index in [1.165, 1.54) is 0 Å². The van der Waals surface area contributed by atoms with Gasteiger partial charge in [-0.1, -0.05) is 11.8 Å². The zero-order valence-electron chi connectivity index (χ0n) is 7.39. The molecule has 0 amide bonds. The van der Waals surface area contributed by atoms with Gasteiger partial charge in [0.25, 0.3) is 0 Å². The first-order valence-corrected chi connectivity index (χ1v) is 4.66. The highest BCUT2D eigenvalue weighted by molar-refractivity contribution is 8.00. The number of aliphatic carboxylic acids is 1. The molecule has 0 saturated carbocycles. The first-order chi connectivity index (χ1) is 6.09. The van der Waals surface area contributed by atoms with Crippen LogP contribution in [0.2, 0.25) is 0 Å². The Morgan fingerprint density at radius 1 is 1.69 bits per heavy atom. The number of hydrogen-bond donors (Lipinski definition) is 1. The van der Waals surface area contributed by atoms with Crippen molar-refractivity contribution in [2.75, 3.05) is 0 Å². The van der Waals surface area contributed by atoms with Crippen LogP contribution in [0.5, 0.6) is 0 Å². The molecule has 70 valence electrons. The van der Waals surface area contributed by atoms with Crippen molar-refractivity contribution in [3.05, 3.63) is 18.0 Å². The van der Waals surface area contributed by atoms with Crippen LogP contribution >= 0.6 is 11.8 Å². The predicted octanol–water partition coefficient (Wildman–Crippen LogP) is 1.35. The van der Waals surface area contributed by atoms with Gasteiger partial charge in [0.05, 0.1) is 0 Å². The monoisotopic (exact) mass is 198 g/mol. The fourth-order valence-corrected chi connectivity index (χ4v) is 1.43. The van der Waals surface area contributed by atoms with E-state index in [0.29, 0.717) is 5.16 Å². The van der Waals surface area contributed by atoms with E-state index in [-0.39, 0.29) is 0 Å². The molecule has 0 aliphatic heterocycles. The molecule has 1 aromatic rings. The van der Waals surface area contributed by atoms with Gasteiger partial charge in [-0.2, -0.15) is 0 Å². The molecule has 0 aromatic carbocycles. The second-order valence-corrected chi connectivity index (χ2v) is 3.89. The first-order valence-electron chi connectivity index (χ1n) is 3.78.